The molecule has 0 atom stereocenters. The topological polar surface area (TPSA) is 104 Å². The monoisotopic (exact) mass is 449 g/mol. The summed E-state index contributed by atoms with van der Waals surface area (Å²) in [5.74, 6) is 0.209. The Morgan fingerprint density at radius 2 is 1.78 bits per heavy atom. The molecule has 0 amide bonds. The Kier molecular flexibility index (Phi) is 6.96. The van der Waals surface area contributed by atoms with Crippen LogP contribution in [-0.4, -0.2) is 19.3 Å². The van der Waals surface area contributed by atoms with Crippen LogP contribution in [0.2, 0.25) is 0 Å². The molecule has 1 N–H and O–H groups in total. The number of benzene rings is 3. The third-order valence-corrected chi connectivity index (χ3v) is 6.79. The number of aromatic hydroxyl groups is 1. The number of carbonyl (C=O) groups is 1. The molecule has 0 saturated carbocycles. The maximum atomic E-state index is 12.8. The van der Waals surface area contributed by atoms with E-state index in [0.717, 1.165) is 12.0 Å². The predicted molar refractivity (Wildman–Crippen MR) is 119 cm³/mol. The van der Waals surface area contributed by atoms with Gasteiger partial charge >= 0.3 is 0 Å². The lowest BCUT2D eigenvalue weighted by Gasteiger charge is -2.15. The molecular weight excluding hydrogens is 426 g/mol. The predicted octanol–water partition coefficient (Wildman–Crippen LogP) is 4.83. The van der Waals surface area contributed by atoms with Gasteiger partial charge in [-0.15, -0.1) is 0 Å². The van der Waals surface area contributed by atoms with Crippen LogP contribution in [0.15, 0.2) is 70.5 Å². The van der Waals surface area contributed by atoms with E-state index in [1.54, 1.807) is 24.3 Å². The van der Waals surface area contributed by atoms with E-state index in [1.807, 2.05) is 13.0 Å². The van der Waals surface area contributed by atoms with Gasteiger partial charge in [0.05, 0.1) is 27.0 Å². The van der Waals surface area contributed by atoms with Crippen LogP contribution >= 0.6 is 0 Å². The summed E-state index contributed by atoms with van der Waals surface area (Å²) in [5.41, 5.74) is 1.86. The molecule has 6 nitrogen and oxygen atoms in total. The van der Waals surface area contributed by atoms with Gasteiger partial charge in [0, 0.05) is 5.56 Å². The van der Waals surface area contributed by atoms with Gasteiger partial charge in [-0.2, -0.15) is 5.26 Å². The fraction of sp³-hybridized carbons (Fsp3) is 0.200. The van der Waals surface area contributed by atoms with Crippen LogP contribution in [0.3, 0.4) is 0 Å². The molecule has 0 aliphatic carbocycles. The molecule has 7 heteroatoms. The van der Waals surface area contributed by atoms with Crippen molar-refractivity contribution >= 4 is 15.6 Å². The van der Waals surface area contributed by atoms with E-state index in [2.05, 4.69) is 0 Å². The third kappa shape index (κ3) is 4.82. The molecule has 0 spiro atoms. The second-order valence-corrected chi connectivity index (χ2v) is 9.27. The first kappa shape index (κ1) is 23.0. The summed E-state index contributed by atoms with van der Waals surface area (Å²) in [6, 6.07) is 17.3. The van der Waals surface area contributed by atoms with E-state index < -0.39 is 9.84 Å². The molecule has 3 aromatic rings. The highest BCUT2D eigenvalue weighted by atomic mass is 32.2. The fourth-order valence-corrected chi connectivity index (χ4v) is 4.63. The molecule has 0 unspecified atom stereocenters. The first-order chi connectivity index (χ1) is 15.3. The number of ketones is 1. The number of nitrogens with zero attached hydrogens (tertiary/aromatic N) is 1. The minimum absolute atomic E-state index is 0.0575. The van der Waals surface area contributed by atoms with Gasteiger partial charge in [-0.25, -0.2) is 8.42 Å². The molecule has 0 radical (unpaired) electrons. The number of phenols is 1. The summed E-state index contributed by atoms with van der Waals surface area (Å²) in [6.45, 7) is 3.53. The second kappa shape index (κ2) is 9.67. The Morgan fingerprint density at radius 1 is 1.06 bits per heavy atom. The van der Waals surface area contributed by atoms with Crippen molar-refractivity contribution in [1.29, 1.82) is 5.26 Å². The number of Topliss-reactive ketones (excluding diaryl/α,β-unsaturated/α-hetero) is 1. The Balaban J connectivity index is 1.80. The fourth-order valence-electron chi connectivity index (χ4n) is 3.32. The molecular formula is C25H23NO5S. The summed E-state index contributed by atoms with van der Waals surface area (Å²) >= 11 is 0. The number of rotatable bonds is 8. The van der Waals surface area contributed by atoms with E-state index >= 15 is 0 Å². The van der Waals surface area contributed by atoms with E-state index in [0.29, 0.717) is 17.7 Å². The molecule has 0 aliphatic rings. The van der Waals surface area contributed by atoms with Gasteiger partial charge in [0.25, 0.3) is 0 Å². The molecule has 164 valence electrons. The molecule has 0 bridgehead atoms. The van der Waals surface area contributed by atoms with Gasteiger partial charge < -0.3 is 9.84 Å². The minimum Gasteiger partial charge on any atom is -0.507 e. The van der Waals surface area contributed by atoms with Crippen LogP contribution < -0.4 is 4.74 Å². The van der Waals surface area contributed by atoms with Crippen molar-refractivity contribution in [3.05, 3.63) is 82.9 Å². The number of hydrogen-bond donors (Lipinski definition) is 1. The first-order valence-electron chi connectivity index (χ1n) is 10.1. The molecule has 0 aromatic heterocycles. The van der Waals surface area contributed by atoms with E-state index in [1.165, 1.54) is 43.3 Å². The number of phenolic OH excluding ortho intramolecular Hbond substituents is 1. The minimum atomic E-state index is -3.74. The van der Waals surface area contributed by atoms with Gasteiger partial charge in [-0.1, -0.05) is 31.5 Å². The van der Waals surface area contributed by atoms with E-state index in [9.17, 15) is 18.3 Å². The van der Waals surface area contributed by atoms with E-state index in [4.69, 9.17) is 10.00 Å². The van der Waals surface area contributed by atoms with Crippen LogP contribution in [-0.2, 0) is 22.9 Å². The summed E-state index contributed by atoms with van der Waals surface area (Å²) in [7, 11) is -3.74. The Hall–Kier alpha value is -3.63. The summed E-state index contributed by atoms with van der Waals surface area (Å²) in [6.07, 6.45) is 1.33. The maximum Gasteiger partial charge on any atom is 0.206 e. The average Bonchev–Trinajstić information content (AvgIpc) is 2.79. The highest BCUT2D eigenvalue weighted by Crippen LogP contribution is 2.33. The lowest BCUT2D eigenvalue weighted by Crippen LogP contribution is -2.04. The highest BCUT2D eigenvalue weighted by molar-refractivity contribution is 7.91. The normalized spacial score (nSPS) is 11.0. The zero-order chi connectivity index (χ0) is 23.3. The smallest absolute Gasteiger partial charge is 0.206 e. The molecule has 0 saturated heterocycles. The first-order valence-corrected chi connectivity index (χ1v) is 11.6. The number of hydrogen-bond acceptors (Lipinski definition) is 6. The van der Waals surface area contributed by atoms with Crippen molar-refractivity contribution < 1.29 is 23.1 Å². The van der Waals surface area contributed by atoms with Gasteiger partial charge in [0.15, 0.2) is 5.78 Å². The third-order valence-electron chi connectivity index (χ3n) is 5.02. The van der Waals surface area contributed by atoms with Crippen molar-refractivity contribution in [2.24, 2.45) is 0 Å². The molecule has 32 heavy (non-hydrogen) atoms. The molecule has 3 rings (SSSR count). The highest BCUT2D eigenvalue weighted by Gasteiger charge is 2.19. The molecule has 0 heterocycles. The van der Waals surface area contributed by atoms with Crippen LogP contribution in [0.5, 0.6) is 11.5 Å². The van der Waals surface area contributed by atoms with Gasteiger partial charge in [-0.3, -0.25) is 4.79 Å². The van der Waals surface area contributed by atoms with Crippen molar-refractivity contribution in [2.75, 3.05) is 0 Å². The van der Waals surface area contributed by atoms with Crippen molar-refractivity contribution in [1.82, 2.24) is 0 Å². The van der Waals surface area contributed by atoms with Crippen molar-refractivity contribution in [3.63, 3.8) is 0 Å². The second-order valence-electron chi connectivity index (χ2n) is 7.32. The zero-order valence-electron chi connectivity index (χ0n) is 17.8. The summed E-state index contributed by atoms with van der Waals surface area (Å²) in [5, 5.41) is 19.5. The zero-order valence-corrected chi connectivity index (χ0v) is 18.6. The van der Waals surface area contributed by atoms with Gasteiger partial charge in [0.2, 0.25) is 9.84 Å². The molecule has 0 fully saturated rings. The lowest BCUT2D eigenvalue weighted by molar-refractivity contribution is 0.101. The Labute approximate surface area is 187 Å². The van der Waals surface area contributed by atoms with Gasteiger partial charge in [-0.05, 0) is 61.4 Å². The van der Waals surface area contributed by atoms with Gasteiger partial charge in [0.1, 0.15) is 18.1 Å². The SMILES string of the molecule is CCCc1c(OCc2ccc(S(=O)(=O)c3cccc(C#N)c3)cc2)ccc(C(C)=O)c1O. The van der Waals surface area contributed by atoms with E-state index in [-0.39, 0.29) is 39.1 Å². The summed E-state index contributed by atoms with van der Waals surface area (Å²) < 4.78 is 31.6. The Bertz CT molecular complexity index is 1290. The number of sulfone groups is 1. The number of nitriles is 1. The standard InChI is InChI=1S/C25H23NO5S/c1-3-5-23-24(13-12-22(17(2)27)25(23)28)31-16-18-8-10-20(11-9-18)32(29,30)21-7-4-6-19(14-21)15-26/h4,6-14,28H,3,5,16H2,1-2H3. The lowest BCUT2D eigenvalue weighted by atomic mass is 10.0. The number of ether oxygens (including phenoxy) is 1. The van der Waals surface area contributed by atoms with Crippen LogP contribution in [0.1, 0.15) is 47.3 Å². The maximum absolute atomic E-state index is 12.8. The molecule has 0 aliphatic heterocycles. The van der Waals surface area contributed by atoms with Crippen LogP contribution in [0.4, 0.5) is 0 Å². The van der Waals surface area contributed by atoms with Crippen LogP contribution in [0, 0.1) is 11.3 Å². The average molecular weight is 450 g/mol. The molecule has 3 aromatic carbocycles. The quantitative estimate of drug-likeness (QED) is 0.494. The Morgan fingerprint density at radius 3 is 2.41 bits per heavy atom. The van der Waals surface area contributed by atoms with Crippen molar-refractivity contribution in [2.45, 2.75) is 43.1 Å². The summed E-state index contributed by atoms with van der Waals surface area (Å²) in [4.78, 5) is 11.9. The largest absolute Gasteiger partial charge is 0.507 e. The number of carbonyl (C=O) groups excluding carboxylic acids is 1. The van der Waals surface area contributed by atoms with Crippen molar-refractivity contribution in [3.8, 4) is 17.6 Å². The van der Waals surface area contributed by atoms with Crippen LogP contribution in [0.25, 0.3) is 0 Å².